The van der Waals surface area contributed by atoms with Gasteiger partial charge in [-0.05, 0) is 52.5 Å². The molecule has 1 aliphatic heterocycles. The van der Waals surface area contributed by atoms with Crippen molar-refractivity contribution >= 4 is 16.7 Å². The summed E-state index contributed by atoms with van der Waals surface area (Å²) in [5, 5.41) is 3.29. The highest BCUT2D eigenvalue weighted by Crippen LogP contribution is 2.43. The molecular weight excluding hydrogens is 464 g/mol. The first-order chi connectivity index (χ1) is 16.5. The van der Waals surface area contributed by atoms with Crippen molar-refractivity contribution < 1.29 is 22.3 Å². The lowest BCUT2D eigenvalue weighted by atomic mass is 9.96. The van der Waals surface area contributed by atoms with Gasteiger partial charge < -0.3 is 14.6 Å². The van der Waals surface area contributed by atoms with Crippen LogP contribution in [0, 0.1) is 18.6 Å². The molecule has 0 spiro atoms. The van der Waals surface area contributed by atoms with Gasteiger partial charge in [0.25, 0.3) is 5.56 Å². The lowest BCUT2D eigenvalue weighted by molar-refractivity contribution is -0.124. The first-order valence-corrected chi connectivity index (χ1v) is 11.7. The van der Waals surface area contributed by atoms with Crippen molar-refractivity contribution in [2.75, 3.05) is 11.9 Å². The highest BCUT2D eigenvalue weighted by Gasteiger charge is 2.46. The van der Waals surface area contributed by atoms with Crippen molar-refractivity contribution in [2.24, 2.45) is 0 Å². The Morgan fingerprint density at radius 3 is 2.63 bits per heavy atom. The maximum atomic E-state index is 15.4. The molecule has 186 valence electrons. The van der Waals surface area contributed by atoms with Crippen molar-refractivity contribution in [3.05, 3.63) is 63.3 Å². The third-order valence-corrected chi connectivity index (χ3v) is 7.03. The number of aryl methyl sites for hydroxylation is 1. The molecule has 2 fully saturated rings. The first-order valence-electron chi connectivity index (χ1n) is 11.7. The number of ether oxygens (including phenoxy) is 1. The summed E-state index contributed by atoms with van der Waals surface area (Å²) in [5.74, 6) is -5.10. The molecule has 1 unspecified atom stereocenters. The van der Waals surface area contributed by atoms with Crippen LogP contribution in [-0.4, -0.2) is 27.2 Å². The molecule has 0 amide bonds. The number of hydrogen-bond acceptors (Lipinski definition) is 5. The van der Waals surface area contributed by atoms with Crippen LogP contribution in [0.15, 0.2) is 29.2 Å². The standard InChI is InChI=1S/C25H26F4N4O2/c1-13(15-6-4-7-17(19(15)26)25(28,29)18-8-5-11-35-18)30-22-16-12-33(24(3)9-10-24)23(34)20(27)21(16)31-14(2)32-22/h4,6-7,12-13,18H,5,8-11H2,1-3H3,(H,30,31,32)/t13?,18-/m0/s1. The SMILES string of the molecule is Cc1nc(NC(C)c2cccc(C(F)(F)[C@@H]3CCCO3)c2F)c2cn(C3(C)CC3)c(=O)c(F)c2n1. The number of nitrogens with one attached hydrogen (secondary N) is 1. The summed E-state index contributed by atoms with van der Waals surface area (Å²) in [5.41, 5.74) is -2.09. The zero-order valence-electron chi connectivity index (χ0n) is 19.7. The molecule has 3 aromatic rings. The van der Waals surface area contributed by atoms with Crippen molar-refractivity contribution in [3.8, 4) is 0 Å². The van der Waals surface area contributed by atoms with E-state index in [9.17, 15) is 4.79 Å². The van der Waals surface area contributed by atoms with E-state index in [-0.39, 0.29) is 41.1 Å². The summed E-state index contributed by atoms with van der Waals surface area (Å²) >= 11 is 0. The molecule has 1 aromatic carbocycles. The third-order valence-electron chi connectivity index (χ3n) is 7.03. The Kier molecular flexibility index (Phi) is 5.62. The maximum Gasteiger partial charge on any atom is 0.301 e. The van der Waals surface area contributed by atoms with Gasteiger partial charge in [-0.2, -0.15) is 13.2 Å². The minimum absolute atomic E-state index is 0.00698. The molecule has 0 radical (unpaired) electrons. The van der Waals surface area contributed by atoms with Crippen LogP contribution < -0.4 is 10.9 Å². The number of hydrogen-bond donors (Lipinski definition) is 1. The van der Waals surface area contributed by atoms with Gasteiger partial charge in [-0.25, -0.2) is 14.4 Å². The molecule has 10 heteroatoms. The third kappa shape index (κ3) is 3.97. The molecule has 1 aliphatic carbocycles. The molecule has 35 heavy (non-hydrogen) atoms. The van der Waals surface area contributed by atoms with Gasteiger partial charge in [-0.3, -0.25) is 4.79 Å². The van der Waals surface area contributed by atoms with E-state index in [1.54, 1.807) is 13.8 Å². The van der Waals surface area contributed by atoms with Gasteiger partial charge in [-0.15, -0.1) is 0 Å². The van der Waals surface area contributed by atoms with Gasteiger partial charge in [0.1, 0.15) is 29.1 Å². The van der Waals surface area contributed by atoms with E-state index in [2.05, 4.69) is 15.3 Å². The Balaban J connectivity index is 1.55. The summed E-state index contributed by atoms with van der Waals surface area (Å²) in [6, 6.07) is 3.07. The van der Waals surface area contributed by atoms with E-state index >= 15 is 17.6 Å². The topological polar surface area (TPSA) is 69.0 Å². The molecule has 1 saturated carbocycles. The van der Waals surface area contributed by atoms with Crippen molar-refractivity contribution in [2.45, 2.75) is 70.1 Å². The highest BCUT2D eigenvalue weighted by atomic mass is 19.3. The second-order valence-electron chi connectivity index (χ2n) is 9.70. The first kappa shape index (κ1) is 23.7. The predicted octanol–water partition coefficient (Wildman–Crippen LogP) is 5.33. The summed E-state index contributed by atoms with van der Waals surface area (Å²) in [7, 11) is 0. The number of alkyl halides is 2. The maximum absolute atomic E-state index is 15.4. The Morgan fingerprint density at radius 2 is 1.97 bits per heavy atom. The molecule has 6 nitrogen and oxygen atoms in total. The lowest BCUT2D eigenvalue weighted by Gasteiger charge is -2.25. The van der Waals surface area contributed by atoms with Crippen LogP contribution in [0.4, 0.5) is 23.4 Å². The number of fused-ring (bicyclic) bond motifs is 1. The van der Waals surface area contributed by atoms with Crippen LogP contribution in [0.5, 0.6) is 0 Å². The summed E-state index contributed by atoms with van der Waals surface area (Å²) in [6.45, 7) is 5.23. The van der Waals surface area contributed by atoms with Gasteiger partial charge in [0.15, 0.2) is 0 Å². The number of anilines is 1. The van der Waals surface area contributed by atoms with Crippen LogP contribution in [0.25, 0.3) is 10.9 Å². The summed E-state index contributed by atoms with van der Waals surface area (Å²) in [4.78, 5) is 21.0. The molecular formula is C25H26F4N4O2. The van der Waals surface area contributed by atoms with Gasteiger partial charge >= 0.3 is 5.92 Å². The zero-order chi connectivity index (χ0) is 25.1. The van der Waals surface area contributed by atoms with E-state index in [4.69, 9.17) is 4.74 Å². The summed E-state index contributed by atoms with van der Waals surface area (Å²) in [6.07, 6.45) is 2.28. The van der Waals surface area contributed by atoms with Crippen LogP contribution in [0.2, 0.25) is 0 Å². The second kappa shape index (κ2) is 8.29. The fourth-order valence-electron chi connectivity index (χ4n) is 4.66. The molecule has 1 saturated heterocycles. The largest absolute Gasteiger partial charge is 0.372 e. The minimum atomic E-state index is -3.48. The van der Waals surface area contributed by atoms with E-state index in [0.717, 1.165) is 18.9 Å². The number of benzene rings is 1. The van der Waals surface area contributed by atoms with Crippen LogP contribution >= 0.6 is 0 Å². The number of aromatic nitrogens is 3. The second-order valence-corrected chi connectivity index (χ2v) is 9.70. The van der Waals surface area contributed by atoms with Crippen molar-refractivity contribution in [3.63, 3.8) is 0 Å². The van der Waals surface area contributed by atoms with E-state index in [1.807, 2.05) is 6.92 Å². The zero-order valence-corrected chi connectivity index (χ0v) is 19.7. The van der Waals surface area contributed by atoms with Gasteiger partial charge in [-0.1, -0.05) is 12.1 Å². The fourth-order valence-corrected chi connectivity index (χ4v) is 4.66. The number of pyridine rings is 1. The van der Waals surface area contributed by atoms with Crippen molar-refractivity contribution in [1.82, 2.24) is 14.5 Å². The minimum Gasteiger partial charge on any atom is -0.372 e. The number of nitrogens with zero attached hydrogens (tertiary/aromatic N) is 3. The Morgan fingerprint density at radius 1 is 1.23 bits per heavy atom. The van der Waals surface area contributed by atoms with Gasteiger partial charge in [0.2, 0.25) is 5.82 Å². The Bertz CT molecular complexity index is 1360. The van der Waals surface area contributed by atoms with Gasteiger partial charge in [0.05, 0.1) is 17.0 Å². The summed E-state index contributed by atoms with van der Waals surface area (Å²) < 4.78 is 66.9. The quantitative estimate of drug-likeness (QED) is 0.473. The molecule has 3 heterocycles. The monoisotopic (exact) mass is 490 g/mol. The number of halogens is 4. The van der Waals surface area contributed by atoms with E-state index in [0.29, 0.717) is 6.42 Å². The molecule has 2 aromatic heterocycles. The lowest BCUT2D eigenvalue weighted by Crippen LogP contribution is -2.32. The Labute approximate surface area is 199 Å². The smallest absolute Gasteiger partial charge is 0.301 e. The fraction of sp³-hybridized carbons (Fsp3) is 0.480. The molecule has 2 atom stereocenters. The number of rotatable bonds is 6. The highest BCUT2D eigenvalue weighted by molar-refractivity contribution is 5.89. The average molecular weight is 491 g/mol. The molecule has 5 rings (SSSR count). The van der Waals surface area contributed by atoms with Crippen molar-refractivity contribution in [1.29, 1.82) is 0 Å². The predicted molar refractivity (Wildman–Crippen MR) is 123 cm³/mol. The van der Waals surface area contributed by atoms with E-state index in [1.165, 1.54) is 22.9 Å². The molecule has 0 bridgehead atoms. The van der Waals surface area contributed by atoms with Crippen LogP contribution in [0.1, 0.15) is 62.5 Å². The molecule has 1 N–H and O–H groups in total. The molecule has 2 aliphatic rings. The van der Waals surface area contributed by atoms with Gasteiger partial charge in [0, 0.05) is 23.9 Å². The van der Waals surface area contributed by atoms with Crippen LogP contribution in [-0.2, 0) is 16.2 Å². The Hall–Kier alpha value is -3.01. The average Bonchev–Trinajstić information content (AvgIpc) is 3.31. The normalized spacial score (nSPS) is 20.3. The van der Waals surface area contributed by atoms with E-state index < -0.39 is 46.4 Å². The van der Waals surface area contributed by atoms with Crippen LogP contribution in [0.3, 0.4) is 0 Å².